The van der Waals surface area contributed by atoms with Crippen molar-refractivity contribution in [3.05, 3.63) is 41.9 Å². The van der Waals surface area contributed by atoms with Gasteiger partial charge in [-0.2, -0.15) is 0 Å². The van der Waals surface area contributed by atoms with E-state index in [-0.39, 0.29) is 36.1 Å². The first-order chi connectivity index (χ1) is 16.2. The molecule has 0 aliphatic carbocycles. The molecule has 34 heavy (non-hydrogen) atoms. The van der Waals surface area contributed by atoms with Gasteiger partial charge in [0, 0.05) is 22.5 Å². The molecule has 0 radical (unpaired) electrons. The maximum atomic E-state index is 14.3. The third-order valence-corrected chi connectivity index (χ3v) is 10.0. The van der Waals surface area contributed by atoms with Crippen LogP contribution in [0.2, 0.25) is 5.02 Å². The summed E-state index contributed by atoms with van der Waals surface area (Å²) in [6.07, 6.45) is 3.58. The summed E-state index contributed by atoms with van der Waals surface area (Å²) >= 11 is 7.55. The molecule has 0 saturated carbocycles. The van der Waals surface area contributed by atoms with Gasteiger partial charge in [0.2, 0.25) is 5.91 Å². The zero-order valence-electron chi connectivity index (χ0n) is 19.4. The van der Waals surface area contributed by atoms with E-state index in [4.69, 9.17) is 11.6 Å². The van der Waals surface area contributed by atoms with Gasteiger partial charge in [0.15, 0.2) is 0 Å². The summed E-state index contributed by atoms with van der Waals surface area (Å²) in [5.41, 5.74) is 0.623. The van der Waals surface area contributed by atoms with Gasteiger partial charge in [0.1, 0.15) is 6.04 Å². The normalized spacial score (nSPS) is 31.3. The Morgan fingerprint density at radius 3 is 2.62 bits per heavy atom. The average Bonchev–Trinajstić information content (AvgIpc) is 3.46. The minimum absolute atomic E-state index is 0.0617. The van der Waals surface area contributed by atoms with Crippen molar-refractivity contribution in [3.63, 3.8) is 0 Å². The number of carboxylic acids is 1. The standard InChI is InChI=1S/C25H31ClN2O5S/c1-4-12-27(16-8-6-15(26)7-9-16)23(31)21-25-11-10-18(34-25)19(24(32)33)20(25)22(30)28(21)17(13-29)14(3)5-2/h4,6-9,14,17-21,29H,1,5,10-13H2,2-3H3,(H,32,33)/t14-,17-,18+,19-,20-,21?,25?/m0/s1. The van der Waals surface area contributed by atoms with Gasteiger partial charge >= 0.3 is 5.97 Å². The zero-order chi connectivity index (χ0) is 24.8. The largest absolute Gasteiger partial charge is 0.481 e. The molecular formula is C25H31ClN2O5S. The molecule has 3 saturated heterocycles. The van der Waals surface area contributed by atoms with E-state index in [2.05, 4.69) is 6.58 Å². The van der Waals surface area contributed by atoms with Gasteiger partial charge in [-0.25, -0.2) is 0 Å². The Hall–Kier alpha value is -2.03. The number of rotatable bonds is 9. The third-order valence-electron chi connectivity index (χ3n) is 7.82. The highest BCUT2D eigenvalue weighted by molar-refractivity contribution is 8.02. The van der Waals surface area contributed by atoms with Gasteiger partial charge in [-0.3, -0.25) is 14.4 Å². The molecule has 1 spiro atoms. The van der Waals surface area contributed by atoms with Gasteiger partial charge in [-0.1, -0.05) is 37.9 Å². The Kier molecular flexibility index (Phi) is 7.04. The van der Waals surface area contributed by atoms with Crippen LogP contribution in [0.3, 0.4) is 0 Å². The monoisotopic (exact) mass is 506 g/mol. The lowest BCUT2D eigenvalue weighted by Gasteiger charge is -2.41. The Bertz CT molecular complexity index is 988. The van der Waals surface area contributed by atoms with Crippen LogP contribution >= 0.6 is 23.4 Å². The number of amides is 2. The summed E-state index contributed by atoms with van der Waals surface area (Å²) in [7, 11) is 0. The van der Waals surface area contributed by atoms with Crippen molar-refractivity contribution in [2.24, 2.45) is 17.8 Å². The van der Waals surface area contributed by atoms with Gasteiger partial charge in [-0.05, 0) is 43.0 Å². The van der Waals surface area contributed by atoms with E-state index in [1.165, 1.54) is 16.7 Å². The van der Waals surface area contributed by atoms with Crippen LogP contribution in [0.15, 0.2) is 36.9 Å². The Labute approximate surface area is 209 Å². The molecule has 2 N–H and O–H groups in total. The molecule has 4 rings (SSSR count). The average molecular weight is 507 g/mol. The number of benzene rings is 1. The Morgan fingerprint density at radius 1 is 1.38 bits per heavy atom. The van der Waals surface area contributed by atoms with Crippen molar-refractivity contribution in [2.45, 2.75) is 55.2 Å². The van der Waals surface area contributed by atoms with E-state index in [0.29, 0.717) is 30.0 Å². The van der Waals surface area contributed by atoms with Gasteiger partial charge in [0.25, 0.3) is 5.91 Å². The van der Waals surface area contributed by atoms with Crippen molar-refractivity contribution >= 4 is 46.8 Å². The van der Waals surface area contributed by atoms with E-state index >= 15 is 0 Å². The molecule has 184 valence electrons. The van der Waals surface area contributed by atoms with Crippen LogP contribution < -0.4 is 4.90 Å². The number of carbonyl (C=O) groups is 3. The number of thioether (sulfide) groups is 1. The molecule has 1 aromatic carbocycles. The number of halogens is 1. The lowest BCUT2D eigenvalue weighted by atomic mass is 9.71. The number of aliphatic hydroxyl groups excluding tert-OH is 1. The number of nitrogens with zero attached hydrogens (tertiary/aromatic N) is 2. The first-order valence-electron chi connectivity index (χ1n) is 11.7. The van der Waals surface area contributed by atoms with E-state index in [1.54, 1.807) is 35.2 Å². The maximum absolute atomic E-state index is 14.3. The molecule has 0 aromatic heterocycles. The molecule has 3 aliphatic heterocycles. The van der Waals surface area contributed by atoms with Crippen LogP contribution in [0, 0.1) is 17.8 Å². The van der Waals surface area contributed by atoms with Crippen LogP contribution in [0.25, 0.3) is 0 Å². The number of anilines is 1. The second kappa shape index (κ2) is 9.55. The van der Waals surface area contributed by atoms with Crippen LogP contribution in [-0.4, -0.2) is 68.1 Å². The summed E-state index contributed by atoms with van der Waals surface area (Å²) in [4.78, 5) is 43.6. The number of carboxylic acid groups (broad SMARTS) is 1. The number of carbonyl (C=O) groups excluding carboxylic acids is 2. The molecule has 3 aliphatic rings. The van der Waals surface area contributed by atoms with Gasteiger partial charge in [0.05, 0.1) is 29.2 Å². The number of aliphatic carboxylic acids is 1. The summed E-state index contributed by atoms with van der Waals surface area (Å²) < 4.78 is -0.825. The molecule has 7 atom stereocenters. The molecular weight excluding hydrogens is 476 g/mol. The van der Waals surface area contributed by atoms with Crippen molar-refractivity contribution in [3.8, 4) is 0 Å². The molecule has 1 aromatic rings. The third kappa shape index (κ3) is 3.74. The number of hydrogen-bond acceptors (Lipinski definition) is 5. The highest BCUT2D eigenvalue weighted by atomic mass is 35.5. The van der Waals surface area contributed by atoms with Crippen LogP contribution in [0.4, 0.5) is 5.69 Å². The molecule has 3 heterocycles. The van der Waals surface area contributed by atoms with Crippen molar-refractivity contribution in [1.82, 2.24) is 4.90 Å². The predicted molar refractivity (Wildman–Crippen MR) is 133 cm³/mol. The molecule has 3 fully saturated rings. The second-order valence-corrected chi connectivity index (χ2v) is 11.5. The minimum Gasteiger partial charge on any atom is -0.481 e. The molecule has 2 unspecified atom stereocenters. The van der Waals surface area contributed by atoms with Gasteiger partial charge in [-0.15, -0.1) is 18.3 Å². The SMILES string of the molecule is C=CCN(C(=O)C1N([C@@H](CO)[C@@H](C)CC)C(=O)[C@@H]2[C@@H](C(=O)O)[C@H]3CCC12S3)c1ccc(Cl)cc1. The lowest BCUT2D eigenvalue weighted by molar-refractivity contribution is -0.149. The molecule has 2 amide bonds. The number of fused-ring (bicyclic) bond motifs is 1. The second-order valence-electron chi connectivity index (χ2n) is 9.49. The van der Waals surface area contributed by atoms with E-state index in [0.717, 1.165) is 0 Å². The fourth-order valence-corrected chi connectivity index (χ4v) is 8.36. The summed E-state index contributed by atoms with van der Waals surface area (Å²) in [5, 5.41) is 20.7. The van der Waals surface area contributed by atoms with Crippen molar-refractivity contribution in [2.75, 3.05) is 18.1 Å². The van der Waals surface area contributed by atoms with E-state index in [1.807, 2.05) is 13.8 Å². The number of likely N-dealkylation sites (tertiary alicyclic amines) is 1. The highest BCUT2D eigenvalue weighted by Gasteiger charge is 2.74. The van der Waals surface area contributed by atoms with Crippen molar-refractivity contribution in [1.29, 1.82) is 0 Å². The summed E-state index contributed by atoms with van der Waals surface area (Å²) in [5.74, 6) is -3.26. The van der Waals surface area contributed by atoms with Gasteiger partial charge < -0.3 is 20.0 Å². The van der Waals surface area contributed by atoms with Crippen LogP contribution in [0.5, 0.6) is 0 Å². The number of hydrogen-bond donors (Lipinski definition) is 2. The summed E-state index contributed by atoms with van der Waals surface area (Å²) in [6, 6.07) is 5.45. The van der Waals surface area contributed by atoms with E-state index in [9.17, 15) is 24.6 Å². The Morgan fingerprint density at radius 2 is 2.06 bits per heavy atom. The lowest BCUT2D eigenvalue weighted by Crippen LogP contribution is -2.58. The first kappa shape index (κ1) is 25.1. The highest BCUT2D eigenvalue weighted by Crippen LogP contribution is 2.67. The quantitative estimate of drug-likeness (QED) is 0.498. The van der Waals surface area contributed by atoms with Crippen molar-refractivity contribution < 1.29 is 24.6 Å². The summed E-state index contributed by atoms with van der Waals surface area (Å²) in [6.45, 7) is 7.66. The first-order valence-corrected chi connectivity index (χ1v) is 13.0. The molecule has 7 nitrogen and oxygen atoms in total. The molecule has 2 bridgehead atoms. The number of aliphatic hydroxyl groups is 1. The molecule has 9 heteroatoms. The topological polar surface area (TPSA) is 98.2 Å². The van der Waals surface area contributed by atoms with E-state index < -0.39 is 34.6 Å². The van der Waals surface area contributed by atoms with Crippen LogP contribution in [0.1, 0.15) is 33.1 Å². The minimum atomic E-state index is -0.991. The Balaban J connectivity index is 1.84. The predicted octanol–water partition coefficient (Wildman–Crippen LogP) is 3.44. The smallest absolute Gasteiger partial charge is 0.308 e. The fourth-order valence-electron chi connectivity index (χ4n) is 6.04. The zero-order valence-corrected chi connectivity index (χ0v) is 21.0. The van der Waals surface area contributed by atoms with Crippen LogP contribution in [-0.2, 0) is 14.4 Å². The fraction of sp³-hybridized carbons (Fsp3) is 0.560. The maximum Gasteiger partial charge on any atom is 0.308 e.